The lowest BCUT2D eigenvalue weighted by atomic mass is 9.94. The van der Waals surface area contributed by atoms with E-state index in [1.54, 1.807) is 0 Å². The van der Waals surface area contributed by atoms with Crippen molar-refractivity contribution in [2.45, 2.75) is 23.7 Å². The van der Waals surface area contributed by atoms with Gasteiger partial charge in [0.2, 0.25) is 0 Å². The first-order valence-electron chi connectivity index (χ1n) is 5.04. The molecule has 0 heterocycles. The minimum absolute atomic E-state index is 0.373. The Bertz CT molecular complexity index is 452. The first-order valence-corrected chi connectivity index (χ1v) is 5.04. The Morgan fingerprint density at radius 2 is 1.15 bits per heavy atom. The molecule has 114 valence electrons. The third-order valence-corrected chi connectivity index (χ3v) is 2.55. The Kier molecular flexibility index (Phi) is 4.04. The Balaban J connectivity index is 3.35. The molecule has 1 rings (SSSR count). The Hall–Kier alpha value is -1.41. The fraction of sp³-hybridized carbons (Fsp3) is 0.455. The molecule has 0 spiro atoms. The van der Waals surface area contributed by atoms with E-state index in [0.717, 1.165) is 18.2 Å². The van der Waals surface area contributed by atoms with E-state index in [0.29, 0.717) is 12.1 Å². The second kappa shape index (κ2) is 4.85. The van der Waals surface area contributed by atoms with Gasteiger partial charge in [0.25, 0.3) is 0 Å². The average Bonchev–Trinajstić information content (AvgIpc) is 2.39. The second-order valence-corrected chi connectivity index (χ2v) is 3.93. The summed E-state index contributed by atoms with van der Waals surface area (Å²) in [5.74, 6) is -24.6. The van der Waals surface area contributed by atoms with Crippen molar-refractivity contribution >= 4 is 0 Å². The zero-order valence-corrected chi connectivity index (χ0v) is 9.50. The second-order valence-electron chi connectivity index (χ2n) is 3.93. The SMILES string of the molecule is FCC(F)(F)C(F)(F)C(F)(F)C(F)(F)c1ccccc1. The maximum absolute atomic E-state index is 13.4. The molecule has 0 N–H and O–H groups in total. The highest BCUT2D eigenvalue weighted by atomic mass is 19.4. The minimum Gasteiger partial charge on any atom is -0.244 e. The molecule has 0 radical (unpaired) electrons. The van der Waals surface area contributed by atoms with Crippen molar-refractivity contribution in [2.24, 2.45) is 0 Å². The molecule has 0 aliphatic heterocycles. The van der Waals surface area contributed by atoms with Gasteiger partial charge in [0.05, 0.1) is 0 Å². The molecule has 9 heteroatoms. The fourth-order valence-corrected chi connectivity index (χ4v) is 1.34. The summed E-state index contributed by atoms with van der Waals surface area (Å²) < 4.78 is 116. The number of rotatable bonds is 5. The molecule has 0 saturated heterocycles. The highest BCUT2D eigenvalue weighted by Gasteiger charge is 2.80. The maximum atomic E-state index is 13.4. The summed E-state index contributed by atoms with van der Waals surface area (Å²) in [5.41, 5.74) is -1.58. The molecule has 20 heavy (non-hydrogen) atoms. The van der Waals surface area contributed by atoms with E-state index in [4.69, 9.17) is 0 Å². The maximum Gasteiger partial charge on any atom is 0.382 e. The first-order chi connectivity index (χ1) is 8.92. The molecule has 0 unspecified atom stereocenters. The molecular weight excluding hydrogens is 303 g/mol. The summed E-state index contributed by atoms with van der Waals surface area (Å²) in [7, 11) is 0. The van der Waals surface area contributed by atoms with Crippen LogP contribution in [0.4, 0.5) is 39.5 Å². The van der Waals surface area contributed by atoms with Crippen molar-refractivity contribution < 1.29 is 39.5 Å². The molecule has 0 atom stereocenters. The van der Waals surface area contributed by atoms with Crippen molar-refractivity contribution in [1.82, 2.24) is 0 Å². The standard InChI is InChI=1S/C11H7F9/c12-6-8(13,14)10(17,18)11(19,20)9(15,16)7-4-2-1-3-5-7/h1-5H,6H2. The number of halogens is 9. The molecule has 0 amide bonds. The van der Waals surface area contributed by atoms with Crippen molar-refractivity contribution in [1.29, 1.82) is 0 Å². The van der Waals surface area contributed by atoms with Gasteiger partial charge >= 0.3 is 23.7 Å². The van der Waals surface area contributed by atoms with E-state index in [-0.39, 0.29) is 0 Å². The van der Waals surface area contributed by atoms with Gasteiger partial charge in [0.15, 0.2) is 6.67 Å². The Morgan fingerprint density at radius 1 is 0.700 bits per heavy atom. The predicted octanol–water partition coefficient (Wildman–Crippen LogP) is 4.65. The van der Waals surface area contributed by atoms with Crippen LogP contribution in [0.15, 0.2) is 30.3 Å². The van der Waals surface area contributed by atoms with Crippen molar-refractivity contribution in [2.75, 3.05) is 6.67 Å². The van der Waals surface area contributed by atoms with E-state index in [2.05, 4.69) is 0 Å². The van der Waals surface area contributed by atoms with Gasteiger partial charge in [-0.15, -0.1) is 0 Å². The normalized spacial score (nSPS) is 14.4. The van der Waals surface area contributed by atoms with Gasteiger partial charge in [-0.1, -0.05) is 30.3 Å². The molecule has 0 nitrogen and oxygen atoms in total. The van der Waals surface area contributed by atoms with E-state index in [9.17, 15) is 39.5 Å². The zero-order valence-electron chi connectivity index (χ0n) is 9.50. The topological polar surface area (TPSA) is 0 Å². The highest BCUT2D eigenvalue weighted by molar-refractivity contribution is 5.24. The van der Waals surface area contributed by atoms with Crippen LogP contribution in [0, 0.1) is 0 Å². The van der Waals surface area contributed by atoms with Gasteiger partial charge in [0, 0.05) is 5.56 Å². The van der Waals surface area contributed by atoms with E-state index < -0.39 is 35.9 Å². The van der Waals surface area contributed by atoms with Gasteiger partial charge in [-0.05, 0) is 0 Å². The quantitative estimate of drug-likeness (QED) is 0.694. The third-order valence-electron chi connectivity index (χ3n) is 2.55. The van der Waals surface area contributed by atoms with Crippen LogP contribution in [0.25, 0.3) is 0 Å². The summed E-state index contributed by atoms with van der Waals surface area (Å²) in [6, 6.07) is 3.55. The van der Waals surface area contributed by atoms with Crippen molar-refractivity contribution in [3.8, 4) is 0 Å². The summed E-state index contributed by atoms with van der Waals surface area (Å²) in [4.78, 5) is 0. The third kappa shape index (κ3) is 2.22. The van der Waals surface area contributed by atoms with Gasteiger partial charge in [0.1, 0.15) is 0 Å². The zero-order chi connectivity index (χ0) is 15.8. The van der Waals surface area contributed by atoms with E-state index in [1.807, 2.05) is 0 Å². The molecule has 0 bridgehead atoms. The van der Waals surface area contributed by atoms with Crippen LogP contribution in [0.2, 0.25) is 0 Å². The van der Waals surface area contributed by atoms with Gasteiger partial charge in [-0.25, -0.2) is 4.39 Å². The monoisotopic (exact) mass is 310 g/mol. The molecule has 0 aromatic heterocycles. The largest absolute Gasteiger partial charge is 0.382 e. The number of benzene rings is 1. The molecule has 0 aliphatic rings. The fourth-order valence-electron chi connectivity index (χ4n) is 1.34. The lowest BCUT2D eigenvalue weighted by molar-refractivity contribution is -0.371. The molecule has 1 aromatic carbocycles. The van der Waals surface area contributed by atoms with Crippen molar-refractivity contribution in [3.05, 3.63) is 35.9 Å². The number of hydrogen-bond acceptors (Lipinski definition) is 0. The smallest absolute Gasteiger partial charge is 0.244 e. The van der Waals surface area contributed by atoms with Crippen molar-refractivity contribution in [3.63, 3.8) is 0 Å². The predicted molar refractivity (Wildman–Crippen MR) is 51.2 cm³/mol. The molecule has 1 aromatic rings. The van der Waals surface area contributed by atoms with E-state index in [1.165, 1.54) is 0 Å². The molecular formula is C11H7F9. The summed E-state index contributed by atoms with van der Waals surface area (Å²) in [6.07, 6.45) is 0. The summed E-state index contributed by atoms with van der Waals surface area (Å²) in [6.45, 7) is -3.19. The molecule has 0 aliphatic carbocycles. The van der Waals surface area contributed by atoms with Crippen LogP contribution in [-0.4, -0.2) is 24.4 Å². The Labute approximate surface area is 107 Å². The molecule has 0 saturated carbocycles. The van der Waals surface area contributed by atoms with Crippen LogP contribution in [0.3, 0.4) is 0 Å². The van der Waals surface area contributed by atoms with Crippen LogP contribution in [0.1, 0.15) is 5.56 Å². The molecule has 0 fully saturated rings. The van der Waals surface area contributed by atoms with Crippen LogP contribution >= 0.6 is 0 Å². The van der Waals surface area contributed by atoms with Crippen LogP contribution < -0.4 is 0 Å². The van der Waals surface area contributed by atoms with Gasteiger partial charge in [-0.3, -0.25) is 0 Å². The number of hydrogen-bond donors (Lipinski definition) is 0. The first kappa shape index (κ1) is 16.6. The van der Waals surface area contributed by atoms with Gasteiger partial charge in [-0.2, -0.15) is 35.1 Å². The lowest BCUT2D eigenvalue weighted by Gasteiger charge is -2.35. The number of alkyl halides is 9. The summed E-state index contributed by atoms with van der Waals surface area (Å²) in [5, 5.41) is 0. The highest BCUT2D eigenvalue weighted by Crippen LogP contribution is 2.56. The van der Waals surface area contributed by atoms with Crippen LogP contribution in [0.5, 0.6) is 0 Å². The summed E-state index contributed by atoms with van der Waals surface area (Å²) >= 11 is 0. The lowest BCUT2D eigenvalue weighted by Crippen LogP contribution is -2.61. The van der Waals surface area contributed by atoms with E-state index >= 15 is 0 Å². The minimum atomic E-state index is -6.56. The Morgan fingerprint density at radius 3 is 1.55 bits per heavy atom. The van der Waals surface area contributed by atoms with Gasteiger partial charge < -0.3 is 0 Å². The van der Waals surface area contributed by atoms with Crippen LogP contribution in [-0.2, 0) is 5.92 Å². The average molecular weight is 310 g/mol.